The summed E-state index contributed by atoms with van der Waals surface area (Å²) < 4.78 is 0. The highest BCUT2D eigenvalue weighted by molar-refractivity contribution is 5.14. The molecule has 0 amide bonds. The van der Waals surface area contributed by atoms with Gasteiger partial charge in [0.05, 0.1) is 5.60 Å². The van der Waals surface area contributed by atoms with Crippen LogP contribution >= 0.6 is 0 Å². The molecule has 3 heteroatoms. The normalized spacial score (nSPS) is 23.5. The zero-order valence-corrected chi connectivity index (χ0v) is 14.3. The molecule has 0 unspecified atom stereocenters. The van der Waals surface area contributed by atoms with Gasteiger partial charge in [0.25, 0.3) is 0 Å². The first-order valence-electron chi connectivity index (χ1n) is 9.46. The number of likely N-dealkylation sites (tertiary alicyclic amines) is 1. The molecule has 128 valence electrons. The first kappa shape index (κ1) is 16.9. The van der Waals surface area contributed by atoms with Crippen molar-refractivity contribution in [1.29, 1.82) is 0 Å². The van der Waals surface area contributed by atoms with E-state index in [1.165, 1.54) is 44.1 Å². The van der Waals surface area contributed by atoms with Crippen molar-refractivity contribution in [2.45, 2.75) is 69.6 Å². The Hall–Kier alpha value is -0.900. The smallest absolute Gasteiger partial charge is 0.0771 e. The van der Waals surface area contributed by atoms with E-state index in [0.717, 1.165) is 39.0 Å². The highest BCUT2D eigenvalue weighted by atomic mass is 16.3. The van der Waals surface area contributed by atoms with Gasteiger partial charge in [0, 0.05) is 19.1 Å². The number of benzene rings is 1. The topological polar surface area (TPSA) is 35.5 Å². The number of nitrogens with one attached hydrogen (secondary N) is 1. The predicted molar refractivity (Wildman–Crippen MR) is 95.4 cm³/mol. The second-order valence-electron chi connectivity index (χ2n) is 7.56. The summed E-state index contributed by atoms with van der Waals surface area (Å²) in [6.45, 7) is 4.17. The summed E-state index contributed by atoms with van der Waals surface area (Å²) >= 11 is 0. The van der Waals surface area contributed by atoms with E-state index in [0.29, 0.717) is 6.04 Å². The molecule has 1 heterocycles. The second-order valence-corrected chi connectivity index (χ2v) is 7.56. The van der Waals surface area contributed by atoms with E-state index in [1.807, 2.05) is 0 Å². The van der Waals surface area contributed by atoms with Crippen molar-refractivity contribution < 1.29 is 5.11 Å². The lowest BCUT2D eigenvalue weighted by atomic mass is 9.93. The van der Waals surface area contributed by atoms with Gasteiger partial charge in [0.1, 0.15) is 0 Å². The Kier molecular flexibility index (Phi) is 6.09. The average Bonchev–Trinajstić information content (AvgIpc) is 2.80. The third kappa shape index (κ3) is 5.30. The van der Waals surface area contributed by atoms with Gasteiger partial charge in [-0.3, -0.25) is 4.90 Å². The molecule has 0 aromatic heterocycles. The van der Waals surface area contributed by atoms with Crippen LogP contribution in [-0.4, -0.2) is 41.3 Å². The number of hydrogen-bond acceptors (Lipinski definition) is 3. The summed E-state index contributed by atoms with van der Waals surface area (Å²) in [4.78, 5) is 2.55. The molecule has 0 spiro atoms. The van der Waals surface area contributed by atoms with Crippen molar-refractivity contribution in [3.63, 3.8) is 0 Å². The zero-order valence-electron chi connectivity index (χ0n) is 14.3. The minimum atomic E-state index is -0.447. The Bertz CT molecular complexity index is 446. The molecule has 1 saturated carbocycles. The maximum Gasteiger partial charge on any atom is 0.0771 e. The molecular weight excluding hydrogens is 284 g/mol. The molecule has 1 aliphatic carbocycles. The fourth-order valence-electron chi connectivity index (χ4n) is 4.03. The number of piperidine rings is 1. The van der Waals surface area contributed by atoms with Crippen LogP contribution in [0, 0.1) is 0 Å². The number of rotatable bonds is 5. The zero-order chi connectivity index (χ0) is 16.0. The molecule has 3 rings (SSSR count). The Balaban J connectivity index is 1.39. The highest BCUT2D eigenvalue weighted by Crippen LogP contribution is 2.26. The monoisotopic (exact) mass is 316 g/mol. The number of nitrogens with zero attached hydrogens (tertiary/aromatic N) is 1. The molecule has 1 aliphatic heterocycles. The van der Waals surface area contributed by atoms with Crippen LogP contribution in [0.2, 0.25) is 0 Å². The van der Waals surface area contributed by atoms with E-state index in [4.69, 9.17) is 0 Å². The maximum atomic E-state index is 10.8. The maximum absolute atomic E-state index is 10.8. The van der Waals surface area contributed by atoms with Crippen molar-refractivity contribution in [2.24, 2.45) is 0 Å². The van der Waals surface area contributed by atoms with Gasteiger partial charge in [-0.05, 0) is 44.3 Å². The number of aliphatic hydroxyl groups is 1. The Labute approximate surface area is 141 Å². The molecule has 1 aromatic carbocycles. The average molecular weight is 316 g/mol. The van der Waals surface area contributed by atoms with E-state index in [2.05, 4.69) is 40.5 Å². The molecule has 0 bridgehead atoms. The molecule has 2 aliphatic rings. The van der Waals surface area contributed by atoms with Crippen molar-refractivity contribution in [3.8, 4) is 0 Å². The summed E-state index contributed by atoms with van der Waals surface area (Å²) in [5.41, 5.74) is 0.962. The highest BCUT2D eigenvalue weighted by Gasteiger charge is 2.29. The molecular formula is C20H32N2O. The molecule has 2 fully saturated rings. The van der Waals surface area contributed by atoms with Crippen LogP contribution in [0.5, 0.6) is 0 Å². The number of hydrogen-bond donors (Lipinski definition) is 2. The standard InChI is InChI=1S/C20H32N2O/c23-20(12-6-1-2-7-13-20)17-21-19-10-14-22(15-11-19)16-18-8-4-3-5-9-18/h3-5,8-9,19,21,23H,1-2,6-7,10-17H2. The van der Waals surface area contributed by atoms with Gasteiger partial charge in [-0.15, -0.1) is 0 Å². The van der Waals surface area contributed by atoms with Crippen LogP contribution in [0.1, 0.15) is 56.9 Å². The lowest BCUT2D eigenvalue weighted by molar-refractivity contribution is 0.0202. The lowest BCUT2D eigenvalue weighted by Gasteiger charge is -2.35. The van der Waals surface area contributed by atoms with Gasteiger partial charge >= 0.3 is 0 Å². The van der Waals surface area contributed by atoms with Crippen molar-refractivity contribution in [3.05, 3.63) is 35.9 Å². The van der Waals surface area contributed by atoms with Crippen molar-refractivity contribution in [1.82, 2.24) is 10.2 Å². The van der Waals surface area contributed by atoms with Crippen molar-refractivity contribution in [2.75, 3.05) is 19.6 Å². The molecule has 2 N–H and O–H groups in total. The summed E-state index contributed by atoms with van der Waals surface area (Å²) in [6.07, 6.45) is 9.31. The van der Waals surface area contributed by atoms with Gasteiger partial charge < -0.3 is 10.4 Å². The largest absolute Gasteiger partial charge is 0.389 e. The molecule has 3 nitrogen and oxygen atoms in total. The van der Waals surface area contributed by atoms with Crippen LogP contribution in [0.15, 0.2) is 30.3 Å². The fraction of sp³-hybridized carbons (Fsp3) is 0.700. The van der Waals surface area contributed by atoms with Gasteiger partial charge in [-0.1, -0.05) is 56.0 Å². The van der Waals surface area contributed by atoms with Crippen LogP contribution in [-0.2, 0) is 6.54 Å². The first-order chi connectivity index (χ1) is 11.2. The van der Waals surface area contributed by atoms with E-state index < -0.39 is 5.60 Å². The Morgan fingerprint density at radius 2 is 1.65 bits per heavy atom. The van der Waals surface area contributed by atoms with E-state index >= 15 is 0 Å². The quantitative estimate of drug-likeness (QED) is 0.818. The van der Waals surface area contributed by atoms with Crippen LogP contribution in [0.3, 0.4) is 0 Å². The first-order valence-corrected chi connectivity index (χ1v) is 9.46. The fourth-order valence-corrected chi connectivity index (χ4v) is 4.03. The minimum Gasteiger partial charge on any atom is -0.389 e. The predicted octanol–water partition coefficient (Wildman–Crippen LogP) is 3.33. The SMILES string of the molecule is OC1(CNC2CCN(Cc3ccccc3)CC2)CCCCCC1. The Morgan fingerprint density at radius 1 is 1.00 bits per heavy atom. The minimum absolute atomic E-state index is 0.447. The van der Waals surface area contributed by atoms with E-state index in [9.17, 15) is 5.11 Å². The van der Waals surface area contributed by atoms with Crippen LogP contribution < -0.4 is 5.32 Å². The van der Waals surface area contributed by atoms with Crippen molar-refractivity contribution >= 4 is 0 Å². The van der Waals surface area contributed by atoms with Crippen LogP contribution in [0.25, 0.3) is 0 Å². The van der Waals surface area contributed by atoms with E-state index in [1.54, 1.807) is 0 Å². The summed E-state index contributed by atoms with van der Waals surface area (Å²) in [5.74, 6) is 0. The molecule has 0 atom stereocenters. The third-order valence-corrected chi connectivity index (χ3v) is 5.59. The molecule has 0 radical (unpaired) electrons. The molecule has 23 heavy (non-hydrogen) atoms. The van der Waals surface area contributed by atoms with Crippen LogP contribution in [0.4, 0.5) is 0 Å². The second kappa shape index (κ2) is 8.27. The van der Waals surface area contributed by atoms with Gasteiger partial charge in [-0.25, -0.2) is 0 Å². The lowest BCUT2D eigenvalue weighted by Crippen LogP contribution is -2.48. The third-order valence-electron chi connectivity index (χ3n) is 5.59. The molecule has 1 aromatic rings. The van der Waals surface area contributed by atoms with Gasteiger partial charge in [-0.2, -0.15) is 0 Å². The molecule has 1 saturated heterocycles. The summed E-state index contributed by atoms with van der Waals surface area (Å²) in [5, 5.41) is 14.4. The summed E-state index contributed by atoms with van der Waals surface area (Å²) in [6, 6.07) is 11.3. The van der Waals surface area contributed by atoms with E-state index in [-0.39, 0.29) is 0 Å². The Morgan fingerprint density at radius 3 is 2.30 bits per heavy atom. The van der Waals surface area contributed by atoms with Gasteiger partial charge in [0.2, 0.25) is 0 Å². The van der Waals surface area contributed by atoms with Gasteiger partial charge in [0.15, 0.2) is 0 Å². The summed E-state index contributed by atoms with van der Waals surface area (Å²) in [7, 11) is 0.